The molecule has 0 radical (unpaired) electrons. The van der Waals surface area contributed by atoms with Crippen LogP contribution in [0.5, 0.6) is 11.5 Å². The largest absolute Gasteiger partial charge is 0.457 e. The van der Waals surface area contributed by atoms with Crippen LogP contribution in [0.1, 0.15) is 11.1 Å². The van der Waals surface area contributed by atoms with Gasteiger partial charge in [-0.05, 0) is 47.5 Å². The number of benzene rings is 3. The highest BCUT2D eigenvalue weighted by atomic mass is 79.9. The number of hydrogen-bond donors (Lipinski definition) is 1. The fourth-order valence-corrected chi connectivity index (χ4v) is 3.10. The predicted molar refractivity (Wildman–Crippen MR) is 110 cm³/mol. The molecule has 3 aromatic carbocycles. The first-order chi connectivity index (χ1) is 12.7. The van der Waals surface area contributed by atoms with Gasteiger partial charge in [0.05, 0.1) is 0 Å². The first kappa shape index (κ1) is 18.6. The topological polar surface area (TPSA) is 38.5 Å². The highest BCUT2D eigenvalue weighted by molar-refractivity contribution is 9.10. The molecule has 0 fully saturated rings. The first-order valence-electron chi connectivity index (χ1n) is 8.71. The molecule has 0 heterocycles. The van der Waals surface area contributed by atoms with Crippen molar-refractivity contribution >= 4 is 15.9 Å². The Labute approximate surface area is 163 Å². The van der Waals surface area contributed by atoms with Gasteiger partial charge in [0.15, 0.2) is 0 Å². The minimum atomic E-state index is 0.636. The van der Waals surface area contributed by atoms with Crippen LogP contribution >= 0.6 is 15.9 Å². The highest BCUT2D eigenvalue weighted by Crippen LogP contribution is 2.23. The molecule has 0 spiro atoms. The summed E-state index contributed by atoms with van der Waals surface area (Å²) in [4.78, 5) is 2.35. The van der Waals surface area contributed by atoms with Crippen molar-refractivity contribution in [3.8, 4) is 11.5 Å². The summed E-state index contributed by atoms with van der Waals surface area (Å²) < 4.78 is 7.04. The molecule has 4 heteroatoms. The van der Waals surface area contributed by atoms with Crippen LogP contribution in [0, 0.1) is 0 Å². The fraction of sp³-hybridized carbons (Fsp3) is 0.182. The maximum Gasteiger partial charge on any atom is 0.127 e. The van der Waals surface area contributed by atoms with Crippen LogP contribution in [-0.2, 0) is 13.1 Å². The molecule has 2 N–H and O–H groups in total. The summed E-state index contributed by atoms with van der Waals surface area (Å²) in [5.74, 6) is 1.70. The monoisotopic (exact) mass is 410 g/mol. The van der Waals surface area contributed by atoms with Crippen LogP contribution in [0.25, 0.3) is 0 Å². The summed E-state index contributed by atoms with van der Waals surface area (Å²) >= 11 is 3.48. The van der Waals surface area contributed by atoms with E-state index in [-0.39, 0.29) is 0 Å². The Balaban J connectivity index is 1.68. The third kappa shape index (κ3) is 5.70. The molecule has 0 saturated heterocycles. The summed E-state index contributed by atoms with van der Waals surface area (Å²) in [6.07, 6.45) is 0. The van der Waals surface area contributed by atoms with Gasteiger partial charge in [-0.1, -0.05) is 58.4 Å². The zero-order valence-electron chi connectivity index (χ0n) is 14.6. The van der Waals surface area contributed by atoms with Crippen LogP contribution < -0.4 is 10.5 Å². The maximum absolute atomic E-state index is 5.94. The fourth-order valence-electron chi connectivity index (χ4n) is 2.83. The van der Waals surface area contributed by atoms with Gasteiger partial charge in [-0.3, -0.25) is 4.90 Å². The average Bonchev–Trinajstić information content (AvgIpc) is 2.65. The van der Waals surface area contributed by atoms with Gasteiger partial charge in [0.25, 0.3) is 0 Å². The van der Waals surface area contributed by atoms with Crippen LogP contribution in [0.15, 0.2) is 83.3 Å². The number of rotatable bonds is 8. The molecular formula is C22H23BrN2O. The summed E-state index contributed by atoms with van der Waals surface area (Å²) in [7, 11) is 0. The molecule has 0 saturated carbocycles. The summed E-state index contributed by atoms with van der Waals surface area (Å²) in [6, 6.07) is 26.5. The van der Waals surface area contributed by atoms with Crippen molar-refractivity contribution in [3.63, 3.8) is 0 Å². The summed E-state index contributed by atoms with van der Waals surface area (Å²) in [5.41, 5.74) is 8.31. The number of para-hydroxylation sites is 1. The lowest BCUT2D eigenvalue weighted by Crippen LogP contribution is -2.28. The van der Waals surface area contributed by atoms with E-state index in [1.165, 1.54) is 11.1 Å². The second-order valence-electron chi connectivity index (χ2n) is 6.19. The Morgan fingerprint density at radius 3 is 2.19 bits per heavy atom. The van der Waals surface area contributed by atoms with Crippen molar-refractivity contribution in [1.29, 1.82) is 0 Å². The van der Waals surface area contributed by atoms with Crippen LogP contribution in [0.3, 0.4) is 0 Å². The smallest absolute Gasteiger partial charge is 0.127 e. The molecule has 0 aliphatic heterocycles. The molecule has 26 heavy (non-hydrogen) atoms. The van der Waals surface area contributed by atoms with Gasteiger partial charge in [0.2, 0.25) is 0 Å². The minimum absolute atomic E-state index is 0.636. The molecule has 3 rings (SSSR count). The van der Waals surface area contributed by atoms with Gasteiger partial charge < -0.3 is 10.5 Å². The lowest BCUT2D eigenvalue weighted by atomic mass is 10.1. The second kappa shape index (κ2) is 9.53. The van der Waals surface area contributed by atoms with Crippen molar-refractivity contribution in [1.82, 2.24) is 4.90 Å². The SMILES string of the molecule is NCCN(Cc1ccc(Br)cc1)Cc1cccc(Oc2ccccc2)c1. The Kier molecular flexibility index (Phi) is 6.83. The molecule has 0 aliphatic rings. The van der Waals surface area contributed by atoms with E-state index in [1.807, 2.05) is 42.5 Å². The number of ether oxygens (including phenoxy) is 1. The lowest BCUT2D eigenvalue weighted by molar-refractivity contribution is 0.264. The van der Waals surface area contributed by atoms with E-state index in [9.17, 15) is 0 Å². The third-order valence-electron chi connectivity index (χ3n) is 4.05. The molecule has 0 aromatic heterocycles. The molecule has 0 amide bonds. The quantitative estimate of drug-likeness (QED) is 0.554. The van der Waals surface area contributed by atoms with E-state index >= 15 is 0 Å². The van der Waals surface area contributed by atoms with Gasteiger partial charge in [-0.2, -0.15) is 0 Å². The number of halogens is 1. The van der Waals surface area contributed by atoms with Crippen LogP contribution in [-0.4, -0.2) is 18.0 Å². The maximum atomic E-state index is 5.94. The third-order valence-corrected chi connectivity index (χ3v) is 4.58. The zero-order valence-corrected chi connectivity index (χ0v) is 16.2. The molecule has 0 atom stereocenters. The van der Waals surface area contributed by atoms with E-state index in [0.29, 0.717) is 6.54 Å². The molecule has 0 bridgehead atoms. The van der Waals surface area contributed by atoms with Crippen molar-refractivity contribution < 1.29 is 4.74 Å². The normalized spacial score (nSPS) is 10.9. The Bertz CT molecular complexity index is 806. The molecular weight excluding hydrogens is 388 g/mol. The standard InChI is InChI=1S/C22H23BrN2O/c23-20-11-9-18(10-12-20)16-25(14-13-24)17-19-5-4-8-22(15-19)26-21-6-2-1-3-7-21/h1-12,15H,13-14,16-17,24H2. The van der Waals surface area contributed by atoms with E-state index in [1.54, 1.807) is 0 Å². The Morgan fingerprint density at radius 1 is 0.769 bits per heavy atom. The second-order valence-corrected chi connectivity index (χ2v) is 7.10. The molecule has 134 valence electrons. The summed E-state index contributed by atoms with van der Waals surface area (Å²) in [5, 5.41) is 0. The molecule has 0 aliphatic carbocycles. The Hall–Kier alpha value is -2.14. The molecule has 0 unspecified atom stereocenters. The van der Waals surface area contributed by atoms with Crippen LogP contribution in [0.2, 0.25) is 0 Å². The number of nitrogens with zero attached hydrogens (tertiary/aromatic N) is 1. The van der Waals surface area contributed by atoms with E-state index < -0.39 is 0 Å². The lowest BCUT2D eigenvalue weighted by Gasteiger charge is -2.22. The van der Waals surface area contributed by atoms with Crippen molar-refractivity contribution in [3.05, 3.63) is 94.5 Å². The van der Waals surface area contributed by atoms with E-state index in [0.717, 1.165) is 35.6 Å². The zero-order chi connectivity index (χ0) is 18.2. The summed E-state index contributed by atoms with van der Waals surface area (Å²) in [6.45, 7) is 3.18. The van der Waals surface area contributed by atoms with E-state index in [2.05, 4.69) is 57.2 Å². The van der Waals surface area contributed by atoms with Crippen molar-refractivity contribution in [2.45, 2.75) is 13.1 Å². The van der Waals surface area contributed by atoms with Gasteiger partial charge in [0, 0.05) is 30.7 Å². The predicted octanol–water partition coefficient (Wildman–Crippen LogP) is 5.20. The number of hydrogen-bond acceptors (Lipinski definition) is 3. The van der Waals surface area contributed by atoms with Gasteiger partial charge >= 0.3 is 0 Å². The van der Waals surface area contributed by atoms with Crippen molar-refractivity contribution in [2.24, 2.45) is 5.73 Å². The number of nitrogens with two attached hydrogens (primary N) is 1. The molecule has 3 aromatic rings. The molecule has 3 nitrogen and oxygen atoms in total. The minimum Gasteiger partial charge on any atom is -0.457 e. The first-order valence-corrected chi connectivity index (χ1v) is 9.51. The van der Waals surface area contributed by atoms with Gasteiger partial charge in [-0.15, -0.1) is 0 Å². The van der Waals surface area contributed by atoms with E-state index in [4.69, 9.17) is 10.5 Å². The van der Waals surface area contributed by atoms with Crippen LogP contribution in [0.4, 0.5) is 0 Å². The Morgan fingerprint density at radius 2 is 1.46 bits per heavy atom. The van der Waals surface area contributed by atoms with Crippen molar-refractivity contribution in [2.75, 3.05) is 13.1 Å². The van der Waals surface area contributed by atoms with Gasteiger partial charge in [0.1, 0.15) is 11.5 Å². The highest BCUT2D eigenvalue weighted by Gasteiger charge is 2.08. The van der Waals surface area contributed by atoms with Gasteiger partial charge in [-0.25, -0.2) is 0 Å². The average molecular weight is 411 g/mol.